The standard InChI is InChI=1S/C32H34FN3O2/c1-3-27-31-28(35-34-27)20-37-18-7-6-17-36-21(2)23(25-15-16-26(33)30(31)32(25)36)13-9-19-38-29-14-8-11-22-10-4-5-12-24(22)29/h4-5,8,10-12,14-16H,3,6-7,9,13,17-20H2,1-2H3,(H,34,35). The minimum Gasteiger partial charge on any atom is -0.493 e. The molecule has 0 saturated carbocycles. The van der Waals surface area contributed by atoms with Crippen molar-refractivity contribution >= 4 is 21.7 Å². The van der Waals surface area contributed by atoms with Crippen LogP contribution in [0.25, 0.3) is 32.8 Å². The Morgan fingerprint density at radius 1 is 1.03 bits per heavy atom. The van der Waals surface area contributed by atoms with Gasteiger partial charge >= 0.3 is 0 Å². The van der Waals surface area contributed by atoms with Crippen LogP contribution in [0.2, 0.25) is 0 Å². The summed E-state index contributed by atoms with van der Waals surface area (Å²) in [4.78, 5) is 0. The van der Waals surface area contributed by atoms with Gasteiger partial charge in [-0.15, -0.1) is 0 Å². The number of hydrogen-bond donors (Lipinski definition) is 1. The number of rotatable bonds is 6. The summed E-state index contributed by atoms with van der Waals surface area (Å²) in [6.07, 6.45) is 4.43. The van der Waals surface area contributed by atoms with Crippen LogP contribution in [0.15, 0.2) is 54.6 Å². The van der Waals surface area contributed by atoms with Gasteiger partial charge in [0.25, 0.3) is 0 Å². The van der Waals surface area contributed by atoms with E-state index in [1.165, 1.54) is 16.6 Å². The molecule has 6 rings (SSSR count). The molecule has 3 aromatic carbocycles. The van der Waals surface area contributed by atoms with E-state index in [0.29, 0.717) is 25.4 Å². The average molecular weight is 512 g/mol. The average Bonchev–Trinajstić information content (AvgIpc) is 3.45. The molecular weight excluding hydrogens is 477 g/mol. The van der Waals surface area contributed by atoms with E-state index in [9.17, 15) is 0 Å². The van der Waals surface area contributed by atoms with Crippen molar-refractivity contribution in [1.82, 2.24) is 14.8 Å². The smallest absolute Gasteiger partial charge is 0.133 e. The fourth-order valence-corrected chi connectivity index (χ4v) is 5.92. The molecule has 0 saturated heterocycles. The molecule has 0 radical (unpaired) electrons. The number of benzene rings is 3. The van der Waals surface area contributed by atoms with Crippen LogP contribution in [0.5, 0.6) is 5.75 Å². The Hall–Kier alpha value is -3.64. The summed E-state index contributed by atoms with van der Waals surface area (Å²) in [6.45, 7) is 6.77. The highest BCUT2D eigenvalue weighted by molar-refractivity contribution is 5.99. The van der Waals surface area contributed by atoms with Crippen molar-refractivity contribution in [3.05, 3.63) is 83.1 Å². The van der Waals surface area contributed by atoms with Crippen LogP contribution in [-0.2, 0) is 30.7 Å². The van der Waals surface area contributed by atoms with E-state index in [4.69, 9.17) is 9.47 Å². The first-order chi connectivity index (χ1) is 18.7. The fraction of sp³-hybridized carbons (Fsp3) is 0.344. The number of nitrogens with zero attached hydrogens (tertiary/aromatic N) is 2. The molecule has 196 valence electrons. The highest BCUT2D eigenvalue weighted by atomic mass is 19.1. The largest absolute Gasteiger partial charge is 0.493 e. The lowest BCUT2D eigenvalue weighted by Crippen LogP contribution is -2.04. The highest BCUT2D eigenvalue weighted by Gasteiger charge is 2.25. The third-order valence-corrected chi connectivity index (χ3v) is 7.82. The van der Waals surface area contributed by atoms with Gasteiger partial charge in [0.2, 0.25) is 0 Å². The zero-order chi connectivity index (χ0) is 26.1. The van der Waals surface area contributed by atoms with Gasteiger partial charge in [-0.25, -0.2) is 4.39 Å². The summed E-state index contributed by atoms with van der Waals surface area (Å²) >= 11 is 0. The first kappa shape index (κ1) is 24.7. The van der Waals surface area contributed by atoms with Gasteiger partial charge in [-0.2, -0.15) is 5.10 Å². The molecule has 1 aliphatic heterocycles. The molecule has 0 unspecified atom stereocenters. The third kappa shape index (κ3) is 4.37. The highest BCUT2D eigenvalue weighted by Crippen LogP contribution is 2.40. The molecule has 1 N–H and O–H groups in total. The zero-order valence-electron chi connectivity index (χ0n) is 22.1. The van der Waals surface area contributed by atoms with Gasteiger partial charge in [-0.05, 0) is 68.2 Å². The van der Waals surface area contributed by atoms with Crippen LogP contribution in [0.4, 0.5) is 4.39 Å². The van der Waals surface area contributed by atoms with E-state index in [2.05, 4.69) is 46.8 Å². The van der Waals surface area contributed by atoms with Gasteiger partial charge in [-0.3, -0.25) is 5.10 Å². The third-order valence-electron chi connectivity index (χ3n) is 7.82. The first-order valence-corrected chi connectivity index (χ1v) is 13.7. The monoisotopic (exact) mass is 511 g/mol. The number of H-pyrrole nitrogens is 1. The van der Waals surface area contributed by atoms with Gasteiger partial charge < -0.3 is 14.0 Å². The molecule has 6 heteroatoms. The van der Waals surface area contributed by atoms with Crippen molar-refractivity contribution < 1.29 is 13.9 Å². The predicted octanol–water partition coefficient (Wildman–Crippen LogP) is 7.52. The van der Waals surface area contributed by atoms with Crippen molar-refractivity contribution in [2.75, 3.05) is 13.2 Å². The second-order valence-electron chi connectivity index (χ2n) is 10.1. The Balaban J connectivity index is 1.36. The summed E-state index contributed by atoms with van der Waals surface area (Å²) in [5, 5.41) is 11.1. The van der Waals surface area contributed by atoms with Crippen LogP contribution in [-0.4, -0.2) is 28.0 Å². The lowest BCUT2D eigenvalue weighted by Gasteiger charge is -2.13. The molecule has 0 aliphatic carbocycles. The Labute approximate surface area is 222 Å². The molecule has 5 aromatic rings. The molecule has 2 aromatic heterocycles. The number of ether oxygens (including phenoxy) is 2. The Morgan fingerprint density at radius 3 is 2.79 bits per heavy atom. The van der Waals surface area contributed by atoms with Gasteiger partial charge in [0.05, 0.1) is 24.4 Å². The fourth-order valence-electron chi connectivity index (χ4n) is 5.92. The summed E-state index contributed by atoms with van der Waals surface area (Å²) in [6, 6.07) is 18.1. The maximum absolute atomic E-state index is 15.7. The minimum absolute atomic E-state index is 0.210. The Bertz CT molecular complexity index is 1590. The van der Waals surface area contributed by atoms with E-state index in [1.807, 2.05) is 30.3 Å². The van der Waals surface area contributed by atoms with Crippen molar-refractivity contribution in [2.45, 2.75) is 59.1 Å². The van der Waals surface area contributed by atoms with Crippen molar-refractivity contribution in [2.24, 2.45) is 0 Å². The maximum Gasteiger partial charge on any atom is 0.133 e. The second-order valence-corrected chi connectivity index (χ2v) is 10.1. The van der Waals surface area contributed by atoms with E-state index < -0.39 is 0 Å². The summed E-state index contributed by atoms with van der Waals surface area (Å²) in [5.74, 6) is 0.710. The minimum atomic E-state index is -0.210. The number of hydrogen-bond acceptors (Lipinski definition) is 3. The normalized spacial score (nSPS) is 14.0. The number of aryl methyl sites for hydroxylation is 3. The van der Waals surface area contributed by atoms with Gasteiger partial charge in [-0.1, -0.05) is 43.3 Å². The molecule has 0 bridgehead atoms. The number of fused-ring (bicyclic) bond motifs is 3. The predicted molar refractivity (Wildman–Crippen MR) is 150 cm³/mol. The molecule has 3 heterocycles. The van der Waals surface area contributed by atoms with E-state index in [1.54, 1.807) is 6.07 Å². The van der Waals surface area contributed by atoms with Crippen molar-refractivity contribution in [3.63, 3.8) is 0 Å². The lowest BCUT2D eigenvalue weighted by atomic mass is 9.97. The van der Waals surface area contributed by atoms with Crippen LogP contribution in [0, 0.1) is 12.7 Å². The Kier molecular flexibility index (Phi) is 6.90. The van der Waals surface area contributed by atoms with Crippen LogP contribution >= 0.6 is 0 Å². The molecule has 0 fully saturated rings. The summed E-state index contributed by atoms with van der Waals surface area (Å²) in [7, 11) is 0. The van der Waals surface area contributed by atoms with Gasteiger partial charge in [0.15, 0.2) is 0 Å². The molecule has 0 spiro atoms. The number of aromatic amines is 1. The Morgan fingerprint density at radius 2 is 1.89 bits per heavy atom. The van der Waals surface area contributed by atoms with E-state index >= 15 is 4.39 Å². The number of nitrogens with one attached hydrogen (secondary N) is 1. The lowest BCUT2D eigenvalue weighted by molar-refractivity contribution is 0.114. The number of halogens is 1. The van der Waals surface area contributed by atoms with Crippen molar-refractivity contribution in [1.29, 1.82) is 0 Å². The zero-order valence-corrected chi connectivity index (χ0v) is 22.1. The topological polar surface area (TPSA) is 52.1 Å². The molecule has 0 atom stereocenters. The van der Waals surface area contributed by atoms with Gasteiger partial charge in [0.1, 0.15) is 11.6 Å². The number of aromatic nitrogens is 3. The molecule has 38 heavy (non-hydrogen) atoms. The first-order valence-electron chi connectivity index (χ1n) is 13.7. The second kappa shape index (κ2) is 10.6. The summed E-state index contributed by atoms with van der Waals surface area (Å²) < 4.78 is 30.2. The molecule has 5 nitrogen and oxygen atoms in total. The van der Waals surface area contributed by atoms with E-state index in [-0.39, 0.29) is 5.82 Å². The molecule has 0 amide bonds. The molecule has 1 aliphatic rings. The maximum atomic E-state index is 15.7. The van der Waals surface area contributed by atoms with E-state index in [0.717, 1.165) is 77.6 Å². The van der Waals surface area contributed by atoms with Crippen molar-refractivity contribution in [3.8, 4) is 16.9 Å². The summed E-state index contributed by atoms with van der Waals surface area (Å²) in [5.41, 5.74) is 6.71. The molecular formula is C32H34FN3O2. The van der Waals surface area contributed by atoms with Crippen LogP contribution in [0.3, 0.4) is 0 Å². The van der Waals surface area contributed by atoms with Crippen LogP contribution < -0.4 is 4.74 Å². The quantitative estimate of drug-likeness (QED) is 0.240. The van der Waals surface area contributed by atoms with Crippen LogP contribution in [0.1, 0.15) is 48.8 Å². The SMILES string of the molecule is CCc1[nH]nc2c1-c1c(F)ccc3c(CCCOc4cccc5ccccc45)c(C)n(c13)CCCCOC2. The van der Waals surface area contributed by atoms with Gasteiger partial charge in [0, 0.05) is 46.4 Å².